The minimum atomic E-state index is -0.890. The van der Waals surface area contributed by atoms with Crippen LogP contribution in [-0.4, -0.2) is 68.7 Å². The van der Waals surface area contributed by atoms with Gasteiger partial charge >= 0.3 is 0 Å². The van der Waals surface area contributed by atoms with Crippen molar-refractivity contribution in [2.75, 3.05) is 53.0 Å². The molecule has 1 saturated heterocycles. The number of hydrogen-bond donors (Lipinski definition) is 1. The number of nitrogens with one attached hydrogen (secondary N) is 1. The van der Waals surface area contributed by atoms with Crippen LogP contribution in [0.1, 0.15) is 6.42 Å². The Morgan fingerprint density at radius 1 is 1.12 bits per heavy atom. The number of aromatic nitrogens is 3. The molecule has 2 aromatic heterocycles. The lowest BCUT2D eigenvalue weighted by Gasteiger charge is -2.20. The minimum Gasteiger partial charge on any atom is -0.494 e. The van der Waals surface area contributed by atoms with Crippen LogP contribution in [0.25, 0.3) is 27.5 Å². The van der Waals surface area contributed by atoms with Crippen LogP contribution in [0.3, 0.4) is 0 Å². The first kappa shape index (κ1) is 22.9. The zero-order chi connectivity index (χ0) is 23.4. The van der Waals surface area contributed by atoms with E-state index in [2.05, 4.69) is 25.6 Å². The summed E-state index contributed by atoms with van der Waals surface area (Å²) >= 11 is 0. The summed E-state index contributed by atoms with van der Waals surface area (Å²) in [4.78, 5) is 13.3. The van der Waals surface area contributed by atoms with Crippen molar-refractivity contribution in [2.45, 2.75) is 12.5 Å². The molecule has 0 bridgehead atoms. The summed E-state index contributed by atoms with van der Waals surface area (Å²) in [6.07, 6.45) is 2.35. The van der Waals surface area contributed by atoms with Gasteiger partial charge in [-0.25, -0.2) is 13.8 Å². The summed E-state index contributed by atoms with van der Waals surface area (Å²) in [5.74, 6) is -1.49. The summed E-state index contributed by atoms with van der Waals surface area (Å²) in [6, 6.07) is 2.66. The fourth-order valence-corrected chi connectivity index (χ4v) is 3.51. The average molecular weight is 460 g/mol. The van der Waals surface area contributed by atoms with Gasteiger partial charge in [-0.05, 0) is 24.1 Å². The molecule has 0 radical (unpaired) electrons. The maximum Gasteiger partial charge on any atom is 0.177 e. The molecule has 1 aliphatic heterocycles. The second kappa shape index (κ2) is 10.1. The number of benzene rings is 1. The highest BCUT2D eigenvalue weighted by Gasteiger charge is 2.23. The highest BCUT2D eigenvalue weighted by Crippen LogP contribution is 2.38. The number of anilines is 1. The van der Waals surface area contributed by atoms with Crippen LogP contribution >= 0.6 is 0 Å². The van der Waals surface area contributed by atoms with E-state index in [9.17, 15) is 0 Å². The molecular formula is C22H24F2N5O4-. The van der Waals surface area contributed by atoms with E-state index in [4.69, 9.17) is 18.9 Å². The zero-order valence-electron chi connectivity index (χ0n) is 18.5. The summed E-state index contributed by atoms with van der Waals surface area (Å²) in [5, 5.41) is 8.16. The molecule has 33 heavy (non-hydrogen) atoms. The fourth-order valence-electron chi connectivity index (χ4n) is 3.51. The number of fused-ring (bicyclic) bond motifs is 1. The minimum absolute atomic E-state index is 0.00739. The van der Waals surface area contributed by atoms with Crippen LogP contribution in [0.4, 0.5) is 20.5 Å². The van der Waals surface area contributed by atoms with Gasteiger partial charge in [0.05, 0.1) is 38.7 Å². The number of nitrogens with zero attached hydrogens (tertiary/aromatic N) is 4. The lowest BCUT2D eigenvalue weighted by atomic mass is 10.1. The van der Waals surface area contributed by atoms with Crippen molar-refractivity contribution < 1.29 is 27.7 Å². The standard InChI is InChI=1S/C22H24F2N5O4/c1-30-7-5-25-21-20-12(10-26-22(29-20)27-13-4-6-33-11-13)8-14(28-21)17-18(23)15(31-2)9-16(32-3)19(17)24/h8-10,13H,4-7,11H2,1-3H3,(H-,25,26,27,28,29)/q-1. The summed E-state index contributed by atoms with van der Waals surface area (Å²) < 4.78 is 50.8. The van der Waals surface area contributed by atoms with Crippen molar-refractivity contribution in [1.82, 2.24) is 15.0 Å². The number of ether oxygens (including phenoxy) is 4. The predicted molar refractivity (Wildman–Crippen MR) is 118 cm³/mol. The van der Waals surface area contributed by atoms with Gasteiger partial charge in [-0.3, -0.25) is 0 Å². The molecule has 0 saturated carbocycles. The Bertz CT molecular complexity index is 1110. The molecule has 1 unspecified atom stereocenters. The second-order valence-electron chi connectivity index (χ2n) is 7.31. The van der Waals surface area contributed by atoms with E-state index in [0.717, 1.165) is 12.5 Å². The van der Waals surface area contributed by atoms with Crippen LogP contribution in [0.2, 0.25) is 0 Å². The quantitative estimate of drug-likeness (QED) is 0.481. The molecule has 1 fully saturated rings. The Kier molecular flexibility index (Phi) is 6.99. The van der Waals surface area contributed by atoms with E-state index in [1.165, 1.54) is 20.3 Å². The van der Waals surface area contributed by atoms with Crippen molar-refractivity contribution in [2.24, 2.45) is 0 Å². The van der Waals surface area contributed by atoms with Gasteiger partial charge in [0.1, 0.15) is 5.82 Å². The number of rotatable bonds is 9. The van der Waals surface area contributed by atoms with Gasteiger partial charge in [0.2, 0.25) is 0 Å². The van der Waals surface area contributed by atoms with Crippen molar-refractivity contribution in [1.29, 1.82) is 0 Å². The molecule has 11 heteroatoms. The van der Waals surface area contributed by atoms with Crippen molar-refractivity contribution in [3.05, 3.63) is 35.3 Å². The largest absolute Gasteiger partial charge is 0.494 e. The van der Waals surface area contributed by atoms with Gasteiger partial charge in [-0.1, -0.05) is 0 Å². The zero-order valence-corrected chi connectivity index (χ0v) is 18.5. The highest BCUT2D eigenvalue weighted by molar-refractivity contribution is 5.92. The highest BCUT2D eigenvalue weighted by atomic mass is 19.1. The van der Waals surface area contributed by atoms with Gasteiger partial charge in [0, 0.05) is 43.8 Å². The van der Waals surface area contributed by atoms with Gasteiger partial charge in [-0.15, -0.1) is 0 Å². The monoisotopic (exact) mass is 460 g/mol. The Balaban J connectivity index is 1.83. The molecule has 4 rings (SSSR count). The molecule has 1 atom stereocenters. The van der Waals surface area contributed by atoms with E-state index >= 15 is 8.78 Å². The van der Waals surface area contributed by atoms with Crippen molar-refractivity contribution >= 4 is 22.7 Å². The average Bonchev–Trinajstić information content (AvgIpc) is 3.33. The summed E-state index contributed by atoms with van der Waals surface area (Å²) in [5.41, 5.74) is 0.130. The fraction of sp³-hybridized carbons (Fsp3) is 0.409. The number of halogens is 2. The number of hydrogen-bond acceptors (Lipinski definition) is 8. The lowest BCUT2D eigenvalue weighted by Crippen LogP contribution is -2.11. The first-order valence-corrected chi connectivity index (χ1v) is 10.3. The normalized spacial score (nSPS) is 15.6. The first-order chi connectivity index (χ1) is 16.0. The summed E-state index contributed by atoms with van der Waals surface area (Å²) in [6.45, 7) is 1.97. The maximum absolute atomic E-state index is 15.1. The van der Waals surface area contributed by atoms with Crippen molar-refractivity contribution in [3.63, 3.8) is 0 Å². The smallest absolute Gasteiger partial charge is 0.177 e. The van der Waals surface area contributed by atoms with E-state index in [1.54, 1.807) is 13.3 Å². The SMILES string of the molecule is COCCNc1nc(-c2c(F)c(OC)cc(OC)c2F)cc2cnc([N-]C3CCOC3)nc12. The van der Waals surface area contributed by atoms with Crippen LogP contribution in [0.15, 0.2) is 18.3 Å². The Labute approximate surface area is 189 Å². The molecule has 176 valence electrons. The van der Waals surface area contributed by atoms with Crippen molar-refractivity contribution in [3.8, 4) is 22.8 Å². The Hall–Kier alpha value is -3.31. The Morgan fingerprint density at radius 3 is 2.52 bits per heavy atom. The van der Waals surface area contributed by atoms with Gasteiger partial charge < -0.3 is 39.5 Å². The van der Waals surface area contributed by atoms with E-state index in [1.807, 2.05) is 0 Å². The molecule has 1 aromatic carbocycles. The molecule has 3 aromatic rings. The predicted octanol–water partition coefficient (Wildman–Crippen LogP) is 3.84. The lowest BCUT2D eigenvalue weighted by molar-refractivity contribution is 0.196. The third-order valence-corrected chi connectivity index (χ3v) is 5.19. The molecular weight excluding hydrogens is 436 g/mol. The van der Waals surface area contributed by atoms with Gasteiger partial charge in [0.25, 0.3) is 0 Å². The molecule has 1 aliphatic rings. The molecule has 9 nitrogen and oxygen atoms in total. The topological polar surface area (TPSA) is 102 Å². The summed E-state index contributed by atoms with van der Waals surface area (Å²) in [7, 11) is 4.15. The van der Waals surface area contributed by atoms with Crippen LogP contribution in [0, 0.1) is 11.6 Å². The Morgan fingerprint density at radius 2 is 1.88 bits per heavy atom. The second-order valence-corrected chi connectivity index (χ2v) is 7.31. The van der Waals surface area contributed by atoms with Crippen LogP contribution < -0.4 is 14.8 Å². The van der Waals surface area contributed by atoms with E-state index in [-0.39, 0.29) is 28.8 Å². The van der Waals surface area contributed by atoms with Gasteiger partial charge in [-0.2, -0.15) is 0 Å². The molecule has 0 amide bonds. The number of methoxy groups -OCH3 is 3. The van der Waals surface area contributed by atoms with Crippen LogP contribution in [0.5, 0.6) is 11.5 Å². The third kappa shape index (κ3) is 4.74. The van der Waals surface area contributed by atoms with E-state index < -0.39 is 11.6 Å². The number of pyridine rings is 1. The van der Waals surface area contributed by atoms with Gasteiger partial charge in [0.15, 0.2) is 23.1 Å². The molecule has 1 N–H and O–H groups in total. The molecule has 0 spiro atoms. The molecule has 0 aliphatic carbocycles. The van der Waals surface area contributed by atoms with Crippen LogP contribution in [-0.2, 0) is 9.47 Å². The third-order valence-electron chi connectivity index (χ3n) is 5.19. The first-order valence-electron chi connectivity index (χ1n) is 10.3. The maximum atomic E-state index is 15.1. The molecule has 3 heterocycles. The van der Waals surface area contributed by atoms with E-state index in [0.29, 0.717) is 49.0 Å².